The monoisotopic (exact) mass is 451 g/mol. The fourth-order valence-electron chi connectivity index (χ4n) is 1.81. The zero-order valence-corrected chi connectivity index (χ0v) is 15.9. The van der Waals surface area contributed by atoms with Crippen molar-refractivity contribution in [1.29, 1.82) is 0 Å². The molecular formula is C15H13Br2Cl2NO. The first-order chi connectivity index (χ1) is 10.0. The van der Waals surface area contributed by atoms with Gasteiger partial charge in [0.2, 0.25) is 0 Å². The van der Waals surface area contributed by atoms with Crippen molar-refractivity contribution in [2.75, 3.05) is 11.9 Å². The van der Waals surface area contributed by atoms with E-state index in [1.165, 1.54) is 0 Å². The molecule has 2 rings (SSSR count). The highest BCUT2D eigenvalue weighted by Crippen LogP contribution is 2.35. The van der Waals surface area contributed by atoms with E-state index in [-0.39, 0.29) is 0 Å². The van der Waals surface area contributed by atoms with Crippen molar-refractivity contribution >= 4 is 60.7 Å². The summed E-state index contributed by atoms with van der Waals surface area (Å²) in [6, 6.07) is 9.53. The first kappa shape index (κ1) is 16.9. The third-order valence-electron chi connectivity index (χ3n) is 2.76. The van der Waals surface area contributed by atoms with Crippen molar-refractivity contribution in [2.24, 2.45) is 0 Å². The van der Waals surface area contributed by atoms with Crippen LogP contribution in [-0.4, -0.2) is 6.61 Å². The van der Waals surface area contributed by atoms with Gasteiger partial charge in [-0.3, -0.25) is 0 Å². The van der Waals surface area contributed by atoms with Gasteiger partial charge in [-0.25, -0.2) is 0 Å². The smallest absolute Gasteiger partial charge is 0.147 e. The Kier molecular flexibility index (Phi) is 6.23. The van der Waals surface area contributed by atoms with E-state index in [9.17, 15) is 0 Å². The molecule has 2 aromatic carbocycles. The molecule has 0 saturated carbocycles. The van der Waals surface area contributed by atoms with Crippen molar-refractivity contribution in [3.05, 3.63) is 54.9 Å². The summed E-state index contributed by atoms with van der Waals surface area (Å²) >= 11 is 18.9. The van der Waals surface area contributed by atoms with E-state index in [4.69, 9.17) is 27.9 Å². The molecule has 0 bridgehead atoms. The van der Waals surface area contributed by atoms with E-state index in [1.54, 1.807) is 6.07 Å². The summed E-state index contributed by atoms with van der Waals surface area (Å²) < 4.78 is 7.41. The van der Waals surface area contributed by atoms with Gasteiger partial charge in [-0.15, -0.1) is 0 Å². The summed E-state index contributed by atoms with van der Waals surface area (Å²) in [6.07, 6.45) is 0. The first-order valence-electron chi connectivity index (χ1n) is 6.31. The molecule has 0 aliphatic carbocycles. The van der Waals surface area contributed by atoms with E-state index in [2.05, 4.69) is 37.2 Å². The van der Waals surface area contributed by atoms with E-state index < -0.39 is 0 Å². The third kappa shape index (κ3) is 4.52. The van der Waals surface area contributed by atoms with Gasteiger partial charge >= 0.3 is 0 Å². The topological polar surface area (TPSA) is 21.3 Å². The summed E-state index contributed by atoms with van der Waals surface area (Å²) in [5, 5.41) is 4.40. The molecule has 21 heavy (non-hydrogen) atoms. The quantitative estimate of drug-likeness (QED) is 0.555. The van der Waals surface area contributed by atoms with Gasteiger partial charge in [-0.1, -0.05) is 23.2 Å². The van der Waals surface area contributed by atoms with E-state index in [1.807, 2.05) is 31.2 Å². The summed E-state index contributed by atoms with van der Waals surface area (Å²) in [7, 11) is 0. The second-order valence-electron chi connectivity index (χ2n) is 4.30. The molecule has 0 amide bonds. The predicted octanol–water partition coefficient (Wildman–Crippen LogP) is 6.53. The Morgan fingerprint density at radius 2 is 1.71 bits per heavy atom. The molecule has 0 saturated heterocycles. The highest BCUT2D eigenvalue weighted by molar-refractivity contribution is 9.11. The van der Waals surface area contributed by atoms with Crippen molar-refractivity contribution in [2.45, 2.75) is 13.5 Å². The van der Waals surface area contributed by atoms with Crippen LogP contribution in [0.15, 0.2) is 39.3 Å². The lowest BCUT2D eigenvalue weighted by Crippen LogP contribution is -2.01. The Morgan fingerprint density at radius 1 is 1.05 bits per heavy atom. The minimum atomic E-state index is 0.538. The average molecular weight is 454 g/mol. The maximum Gasteiger partial charge on any atom is 0.147 e. The van der Waals surface area contributed by atoms with Crippen LogP contribution in [-0.2, 0) is 6.54 Å². The molecule has 0 spiro atoms. The summed E-state index contributed by atoms with van der Waals surface area (Å²) in [4.78, 5) is 0. The Labute approximate surface area is 151 Å². The van der Waals surface area contributed by atoms with Gasteiger partial charge in [0.05, 0.1) is 25.6 Å². The lowest BCUT2D eigenvalue weighted by Gasteiger charge is -2.12. The Morgan fingerprint density at radius 3 is 2.29 bits per heavy atom. The van der Waals surface area contributed by atoms with Crippen LogP contribution in [0.4, 0.5) is 5.69 Å². The fourth-order valence-corrected chi connectivity index (χ4v) is 3.62. The summed E-state index contributed by atoms with van der Waals surface area (Å²) in [5.41, 5.74) is 2.04. The zero-order chi connectivity index (χ0) is 15.4. The van der Waals surface area contributed by atoms with Gasteiger partial charge in [-0.05, 0) is 74.7 Å². The van der Waals surface area contributed by atoms with Gasteiger partial charge in [0.1, 0.15) is 5.75 Å². The lowest BCUT2D eigenvalue weighted by atomic mass is 10.2. The SMILES string of the molecule is CCOc1c(Br)cc(CNc2ccc(Cl)c(Cl)c2)cc1Br. The van der Waals surface area contributed by atoms with Crippen molar-refractivity contribution < 1.29 is 4.74 Å². The van der Waals surface area contributed by atoms with Crippen molar-refractivity contribution in [1.82, 2.24) is 0 Å². The lowest BCUT2D eigenvalue weighted by molar-refractivity contribution is 0.336. The highest BCUT2D eigenvalue weighted by atomic mass is 79.9. The van der Waals surface area contributed by atoms with Crippen molar-refractivity contribution in [3.8, 4) is 5.75 Å². The molecule has 0 atom stereocenters. The molecule has 0 aromatic heterocycles. The summed E-state index contributed by atoms with van der Waals surface area (Å²) in [6.45, 7) is 3.25. The molecule has 0 fully saturated rings. The molecule has 1 N–H and O–H groups in total. The van der Waals surface area contributed by atoms with Crippen LogP contribution in [0.25, 0.3) is 0 Å². The van der Waals surface area contributed by atoms with Crippen LogP contribution in [0, 0.1) is 0 Å². The normalized spacial score (nSPS) is 10.5. The number of ether oxygens (including phenoxy) is 1. The molecule has 0 aliphatic heterocycles. The van der Waals surface area contributed by atoms with E-state index in [0.29, 0.717) is 23.2 Å². The molecule has 0 radical (unpaired) electrons. The van der Waals surface area contributed by atoms with Crippen LogP contribution >= 0.6 is 55.1 Å². The molecule has 6 heteroatoms. The molecule has 2 nitrogen and oxygen atoms in total. The van der Waals surface area contributed by atoms with Crippen molar-refractivity contribution in [3.63, 3.8) is 0 Å². The van der Waals surface area contributed by atoms with Crippen LogP contribution in [0.2, 0.25) is 10.0 Å². The maximum atomic E-state index is 6.00. The van der Waals surface area contributed by atoms with Crippen LogP contribution in [0.1, 0.15) is 12.5 Å². The fraction of sp³-hybridized carbons (Fsp3) is 0.200. The van der Waals surface area contributed by atoms with Gasteiger partial charge in [0.25, 0.3) is 0 Å². The number of halogens is 4. The van der Waals surface area contributed by atoms with E-state index in [0.717, 1.165) is 25.9 Å². The van der Waals surface area contributed by atoms with Gasteiger partial charge < -0.3 is 10.1 Å². The number of hydrogen-bond acceptors (Lipinski definition) is 2. The molecular weight excluding hydrogens is 441 g/mol. The zero-order valence-electron chi connectivity index (χ0n) is 11.2. The average Bonchev–Trinajstić information content (AvgIpc) is 2.44. The second kappa shape index (κ2) is 7.73. The Hall–Kier alpha value is -0.420. The minimum absolute atomic E-state index is 0.538. The molecule has 0 unspecified atom stereocenters. The Bertz CT molecular complexity index is 627. The van der Waals surface area contributed by atoms with Crippen LogP contribution < -0.4 is 10.1 Å². The number of anilines is 1. The first-order valence-corrected chi connectivity index (χ1v) is 8.65. The van der Waals surface area contributed by atoms with Gasteiger partial charge in [0, 0.05) is 12.2 Å². The van der Waals surface area contributed by atoms with Gasteiger partial charge in [-0.2, -0.15) is 0 Å². The molecule has 0 heterocycles. The van der Waals surface area contributed by atoms with E-state index >= 15 is 0 Å². The number of rotatable bonds is 5. The van der Waals surface area contributed by atoms with Gasteiger partial charge in [0.15, 0.2) is 0 Å². The van der Waals surface area contributed by atoms with Crippen LogP contribution in [0.5, 0.6) is 5.75 Å². The highest BCUT2D eigenvalue weighted by Gasteiger charge is 2.08. The summed E-state index contributed by atoms with van der Waals surface area (Å²) in [5.74, 6) is 0.816. The minimum Gasteiger partial charge on any atom is -0.492 e. The molecule has 112 valence electrons. The Balaban J connectivity index is 2.11. The number of hydrogen-bond donors (Lipinski definition) is 1. The molecule has 2 aromatic rings. The standard InChI is InChI=1S/C15H13Br2Cl2NO/c1-2-21-15-11(16)5-9(6-12(15)17)8-20-10-3-4-13(18)14(19)7-10/h3-7,20H,2,8H2,1H3. The third-order valence-corrected chi connectivity index (χ3v) is 4.68. The largest absolute Gasteiger partial charge is 0.492 e. The number of nitrogens with one attached hydrogen (secondary N) is 1. The second-order valence-corrected chi connectivity index (χ2v) is 6.83. The maximum absolute atomic E-state index is 6.00. The number of benzene rings is 2. The predicted molar refractivity (Wildman–Crippen MR) is 96.8 cm³/mol. The van der Waals surface area contributed by atoms with Crippen LogP contribution in [0.3, 0.4) is 0 Å². The molecule has 0 aliphatic rings.